The zero-order valence-corrected chi connectivity index (χ0v) is 17.9. The van der Waals surface area contributed by atoms with E-state index in [2.05, 4.69) is 8.15 Å². The molecule has 0 atom stereocenters. The van der Waals surface area contributed by atoms with Crippen molar-refractivity contribution in [3.05, 3.63) is 53.2 Å². The predicted octanol–water partition coefficient (Wildman–Crippen LogP) is 7.43. The van der Waals surface area contributed by atoms with Crippen LogP contribution in [-0.2, 0) is 21.9 Å². The van der Waals surface area contributed by atoms with Gasteiger partial charge in [-0.15, -0.1) is 5.23 Å². The zero-order chi connectivity index (χ0) is 23.0. The van der Waals surface area contributed by atoms with Crippen molar-refractivity contribution >= 4 is 39.6 Å². The summed E-state index contributed by atoms with van der Waals surface area (Å²) < 4.78 is 91.3. The minimum Gasteiger partial charge on any atom is -0.456 e. The summed E-state index contributed by atoms with van der Waals surface area (Å²) in [6.07, 6.45) is -7.21. The topological polar surface area (TPSA) is 57.7 Å². The molecule has 0 bridgehead atoms. The number of halogens is 7. The van der Waals surface area contributed by atoms with Crippen molar-refractivity contribution in [3.63, 3.8) is 0 Å². The fourth-order valence-electron chi connectivity index (χ4n) is 3.11. The lowest BCUT2D eigenvalue weighted by Gasteiger charge is -2.22. The van der Waals surface area contributed by atoms with Crippen LogP contribution < -0.4 is 9.96 Å². The van der Waals surface area contributed by atoms with Gasteiger partial charge in [0.2, 0.25) is 0 Å². The molecule has 0 aliphatic carbocycles. The number of anilines is 1. The molecule has 3 rings (SSSR count). The number of rotatable bonds is 6. The summed E-state index contributed by atoms with van der Waals surface area (Å²) in [6, 6.07) is 4.78. The van der Waals surface area contributed by atoms with Gasteiger partial charge in [-0.3, -0.25) is 5.21 Å². The number of H-pyrrole nitrogens is 1. The summed E-state index contributed by atoms with van der Waals surface area (Å²) in [4.78, 5) is 3.00. The molecule has 1 heterocycles. The van der Waals surface area contributed by atoms with E-state index < -0.39 is 34.9 Å². The maximum Gasteiger partial charge on any atom is 0.420 e. The summed E-state index contributed by atoms with van der Waals surface area (Å²) in [5, 5.41) is 9.92. The van der Waals surface area contributed by atoms with Gasteiger partial charge in [-0.05, 0) is 42.3 Å². The third-order valence-corrected chi connectivity index (χ3v) is 4.82. The Balaban J connectivity index is 2.19. The molecule has 0 radical (unpaired) electrons. The highest BCUT2D eigenvalue weighted by molar-refractivity contribution is 14.1. The van der Waals surface area contributed by atoms with Crippen LogP contribution >= 0.6 is 23.0 Å². The maximum absolute atomic E-state index is 13.6. The van der Waals surface area contributed by atoms with E-state index in [0.29, 0.717) is 29.5 Å². The third kappa shape index (κ3) is 5.01. The van der Waals surface area contributed by atoms with Crippen LogP contribution in [0.3, 0.4) is 0 Å². The molecular formula is C19H15F6IN2O3. The number of aromatic nitrogens is 1. The molecule has 2 aromatic carbocycles. The molecule has 1 aromatic heterocycles. The Bertz CT molecular complexity index is 1050. The highest BCUT2D eigenvalue weighted by Gasteiger charge is 2.43. The Labute approximate surface area is 186 Å². The number of aromatic amines is 1. The number of ether oxygens (including phenoxy) is 1. The first kappa shape index (κ1) is 23.5. The smallest absolute Gasteiger partial charge is 0.420 e. The van der Waals surface area contributed by atoms with Gasteiger partial charge in [0.25, 0.3) is 0 Å². The fourth-order valence-corrected chi connectivity index (χ4v) is 3.34. The summed E-state index contributed by atoms with van der Waals surface area (Å²) in [7, 11) is 0. The molecule has 0 saturated heterocycles. The van der Waals surface area contributed by atoms with Gasteiger partial charge in [0.1, 0.15) is 39.9 Å². The molecule has 168 valence electrons. The monoisotopic (exact) mass is 560 g/mol. The Morgan fingerprint density at radius 3 is 2.16 bits per heavy atom. The number of benzene rings is 2. The predicted molar refractivity (Wildman–Crippen MR) is 108 cm³/mol. The quantitative estimate of drug-likeness (QED) is 0.187. The first-order valence-electron chi connectivity index (χ1n) is 8.83. The second-order valence-electron chi connectivity index (χ2n) is 6.58. The molecule has 0 amide bonds. The number of hydrogen-bond acceptors (Lipinski definition) is 4. The fraction of sp³-hybridized carbons (Fsp3) is 0.263. The molecule has 2 N–H and O–H groups in total. The van der Waals surface area contributed by atoms with Gasteiger partial charge >= 0.3 is 12.4 Å². The van der Waals surface area contributed by atoms with Gasteiger partial charge in [0.15, 0.2) is 5.75 Å². The van der Waals surface area contributed by atoms with Crippen molar-refractivity contribution in [2.45, 2.75) is 32.1 Å². The van der Waals surface area contributed by atoms with Crippen molar-refractivity contribution in [1.82, 2.24) is 4.98 Å². The van der Waals surface area contributed by atoms with E-state index in [1.165, 1.54) is 18.2 Å². The molecule has 31 heavy (non-hydrogen) atoms. The Kier molecular flexibility index (Phi) is 6.62. The maximum atomic E-state index is 13.6. The van der Waals surface area contributed by atoms with Crippen molar-refractivity contribution in [2.75, 3.05) is 5.23 Å². The summed E-state index contributed by atoms with van der Waals surface area (Å²) in [6.45, 7) is 1.94. The molecule has 0 spiro atoms. The van der Waals surface area contributed by atoms with Gasteiger partial charge in [-0.1, -0.05) is 13.3 Å². The molecule has 0 aliphatic heterocycles. The van der Waals surface area contributed by atoms with Gasteiger partial charge in [0.05, 0.1) is 5.69 Å². The van der Waals surface area contributed by atoms with E-state index in [4.69, 9.17) is 4.74 Å². The van der Waals surface area contributed by atoms with E-state index in [-0.39, 0.29) is 11.0 Å². The van der Waals surface area contributed by atoms with E-state index >= 15 is 0 Å². The highest BCUT2D eigenvalue weighted by atomic mass is 127. The van der Waals surface area contributed by atoms with Crippen molar-refractivity contribution < 1.29 is 39.5 Å². The lowest BCUT2D eigenvalue weighted by molar-refractivity contribution is -0.145. The second kappa shape index (κ2) is 8.74. The van der Waals surface area contributed by atoms with Crippen molar-refractivity contribution in [1.29, 1.82) is 0 Å². The van der Waals surface area contributed by atoms with Gasteiger partial charge < -0.3 is 9.72 Å². The standard InChI is InChI=1S/C19H15F6IN2O3/c1-2-3-10-9-27-16-5-4-12(8-13(10)16)30-17-14(18(20,21)22)6-11(28(29)31-26)7-15(17)19(23,24)25/h4-9,27,29H,2-3H2,1H3. The third-order valence-electron chi connectivity index (χ3n) is 4.45. The number of alkyl halides is 6. The molecule has 3 aromatic rings. The lowest BCUT2D eigenvalue weighted by atomic mass is 10.1. The van der Waals surface area contributed by atoms with Crippen LogP contribution in [0.2, 0.25) is 0 Å². The number of nitrogens with zero attached hydrogens (tertiary/aromatic N) is 1. The second-order valence-corrected chi connectivity index (χ2v) is 6.97. The Morgan fingerprint density at radius 1 is 1.03 bits per heavy atom. The number of aryl methyl sites for hydroxylation is 1. The van der Waals surface area contributed by atoms with E-state index in [9.17, 15) is 31.5 Å². The summed E-state index contributed by atoms with van der Waals surface area (Å²) in [5.74, 6) is -1.61. The lowest BCUT2D eigenvalue weighted by Crippen LogP contribution is -2.19. The average Bonchev–Trinajstić information content (AvgIpc) is 3.08. The largest absolute Gasteiger partial charge is 0.456 e. The van der Waals surface area contributed by atoms with Gasteiger partial charge in [0, 0.05) is 17.1 Å². The van der Waals surface area contributed by atoms with E-state index in [1.54, 1.807) is 6.20 Å². The van der Waals surface area contributed by atoms with Crippen LogP contribution in [0.1, 0.15) is 30.0 Å². The zero-order valence-electron chi connectivity index (χ0n) is 15.7. The average molecular weight is 560 g/mol. The van der Waals surface area contributed by atoms with Crippen LogP contribution in [0.4, 0.5) is 32.0 Å². The van der Waals surface area contributed by atoms with Crippen LogP contribution in [0.25, 0.3) is 10.9 Å². The number of fused-ring (bicyclic) bond motifs is 1. The minimum atomic E-state index is -5.21. The minimum absolute atomic E-state index is 0.195. The summed E-state index contributed by atoms with van der Waals surface area (Å²) >= 11 is 1.11. The highest BCUT2D eigenvalue weighted by Crippen LogP contribution is 2.48. The van der Waals surface area contributed by atoms with Gasteiger partial charge in [-0.25, -0.2) is 0 Å². The molecule has 12 heteroatoms. The number of hydrogen-bond donors (Lipinski definition) is 2. The van der Waals surface area contributed by atoms with Crippen molar-refractivity contribution in [3.8, 4) is 11.5 Å². The first-order chi connectivity index (χ1) is 14.5. The molecule has 0 aliphatic rings. The molecule has 0 unspecified atom stereocenters. The molecule has 0 saturated carbocycles. The van der Waals surface area contributed by atoms with E-state index in [0.717, 1.165) is 35.0 Å². The van der Waals surface area contributed by atoms with Crippen LogP contribution in [0.15, 0.2) is 36.5 Å². The van der Waals surface area contributed by atoms with Crippen LogP contribution in [0, 0.1) is 0 Å². The van der Waals surface area contributed by atoms with Crippen LogP contribution in [-0.4, -0.2) is 10.2 Å². The van der Waals surface area contributed by atoms with E-state index in [1.807, 2.05) is 6.92 Å². The SMILES string of the molecule is CCCc1c[nH]c2ccc(Oc3c(C(F)(F)F)cc(N(O)OI)cc3C(F)(F)F)cc12. The number of nitrogens with one attached hydrogen (secondary N) is 1. The molecule has 0 fully saturated rings. The van der Waals surface area contributed by atoms with Crippen LogP contribution in [0.5, 0.6) is 11.5 Å². The Hall–Kier alpha value is -2.19. The van der Waals surface area contributed by atoms with Gasteiger partial charge in [-0.2, -0.15) is 29.5 Å². The Morgan fingerprint density at radius 2 is 1.65 bits per heavy atom. The summed E-state index contributed by atoms with van der Waals surface area (Å²) in [5.41, 5.74) is -2.76. The normalized spacial score (nSPS) is 12.4. The first-order valence-corrected chi connectivity index (χ1v) is 9.71. The molecule has 5 nitrogen and oxygen atoms in total. The molecular weight excluding hydrogens is 545 g/mol. The van der Waals surface area contributed by atoms with Crippen molar-refractivity contribution in [2.24, 2.45) is 0 Å².